The minimum Gasteiger partial charge on any atom is -0.384 e. The van der Waals surface area contributed by atoms with Gasteiger partial charge in [-0.05, 0) is 6.92 Å². The summed E-state index contributed by atoms with van der Waals surface area (Å²) in [6.45, 7) is 3.46. The van der Waals surface area contributed by atoms with E-state index in [1.54, 1.807) is 7.11 Å². The Morgan fingerprint density at radius 2 is 2.23 bits per heavy atom. The number of methoxy groups -OCH3 is 1. The average molecular weight is 209 g/mol. The van der Waals surface area contributed by atoms with Crippen LogP contribution in [0.15, 0.2) is 0 Å². The molecule has 0 spiro atoms. The molecule has 2 N–H and O–H groups in total. The van der Waals surface area contributed by atoms with E-state index in [1.165, 1.54) is 0 Å². The van der Waals surface area contributed by atoms with Gasteiger partial charge in [0.1, 0.15) is 0 Å². The summed E-state index contributed by atoms with van der Waals surface area (Å²) in [4.78, 5) is 0. The van der Waals surface area contributed by atoms with Crippen LogP contribution in [0.5, 0.6) is 0 Å². The van der Waals surface area contributed by atoms with Gasteiger partial charge >= 0.3 is 0 Å². The lowest BCUT2D eigenvalue weighted by Gasteiger charge is -2.13. The maximum atomic E-state index is 11.3. The van der Waals surface area contributed by atoms with Crippen LogP contribution in [0.1, 0.15) is 6.92 Å². The average Bonchev–Trinajstić information content (AvgIpc) is 2.14. The zero-order chi connectivity index (χ0) is 10.1. The normalized spacial score (nSPS) is 15.6. The SMILES string of the molecule is CCOC(CN)CS(=O)CCOC. The Hall–Kier alpha value is 0.0300. The summed E-state index contributed by atoms with van der Waals surface area (Å²) in [5.41, 5.74) is 5.45. The smallest absolute Gasteiger partial charge is 0.0812 e. The van der Waals surface area contributed by atoms with E-state index >= 15 is 0 Å². The van der Waals surface area contributed by atoms with Crippen LogP contribution >= 0.6 is 0 Å². The van der Waals surface area contributed by atoms with Gasteiger partial charge in [-0.15, -0.1) is 0 Å². The highest BCUT2D eigenvalue weighted by atomic mass is 32.2. The Bertz CT molecular complexity index is 143. The zero-order valence-electron chi connectivity index (χ0n) is 8.32. The molecule has 0 fully saturated rings. The van der Waals surface area contributed by atoms with Crippen molar-refractivity contribution in [1.82, 2.24) is 0 Å². The van der Waals surface area contributed by atoms with E-state index in [9.17, 15) is 4.21 Å². The number of rotatable bonds is 8. The van der Waals surface area contributed by atoms with Crippen molar-refractivity contribution >= 4 is 10.8 Å². The third-order valence-corrected chi connectivity index (χ3v) is 2.92. The van der Waals surface area contributed by atoms with Gasteiger partial charge in [0.05, 0.1) is 18.5 Å². The summed E-state index contributed by atoms with van der Waals surface area (Å²) >= 11 is 0. The maximum absolute atomic E-state index is 11.3. The lowest BCUT2D eigenvalue weighted by atomic mass is 10.4. The topological polar surface area (TPSA) is 61.5 Å². The number of hydrogen-bond donors (Lipinski definition) is 1. The Morgan fingerprint density at radius 3 is 2.69 bits per heavy atom. The second-order valence-electron chi connectivity index (χ2n) is 2.62. The monoisotopic (exact) mass is 209 g/mol. The molecule has 0 heterocycles. The van der Waals surface area contributed by atoms with Crippen LogP contribution < -0.4 is 5.73 Å². The molecule has 0 aliphatic carbocycles. The summed E-state index contributed by atoms with van der Waals surface area (Å²) in [6, 6.07) is 0. The van der Waals surface area contributed by atoms with E-state index < -0.39 is 10.8 Å². The van der Waals surface area contributed by atoms with Crippen molar-refractivity contribution in [3.8, 4) is 0 Å². The Labute approximate surface area is 82.2 Å². The fourth-order valence-electron chi connectivity index (χ4n) is 0.887. The maximum Gasteiger partial charge on any atom is 0.0812 e. The first kappa shape index (κ1) is 13.0. The predicted octanol–water partition coefficient (Wildman–Crippen LogP) is -0.255. The van der Waals surface area contributed by atoms with Crippen molar-refractivity contribution < 1.29 is 13.7 Å². The van der Waals surface area contributed by atoms with Gasteiger partial charge in [0.25, 0.3) is 0 Å². The first-order valence-corrected chi connectivity index (χ1v) is 5.89. The van der Waals surface area contributed by atoms with Crippen LogP contribution in [-0.4, -0.2) is 48.7 Å². The minimum atomic E-state index is -0.881. The van der Waals surface area contributed by atoms with Gasteiger partial charge in [0.2, 0.25) is 0 Å². The predicted molar refractivity (Wildman–Crippen MR) is 54.2 cm³/mol. The van der Waals surface area contributed by atoms with Gasteiger partial charge in [0, 0.05) is 36.8 Å². The lowest BCUT2D eigenvalue weighted by molar-refractivity contribution is 0.0851. The third-order valence-electron chi connectivity index (χ3n) is 1.55. The molecule has 2 atom stereocenters. The summed E-state index contributed by atoms with van der Waals surface area (Å²) < 4.78 is 21.4. The van der Waals surface area contributed by atoms with Gasteiger partial charge in [0.15, 0.2) is 0 Å². The van der Waals surface area contributed by atoms with Gasteiger partial charge in [-0.2, -0.15) is 0 Å². The quantitative estimate of drug-likeness (QED) is 0.598. The summed E-state index contributed by atoms with van der Waals surface area (Å²) in [7, 11) is 0.716. The molecule has 80 valence electrons. The minimum absolute atomic E-state index is 0.0808. The Morgan fingerprint density at radius 1 is 1.54 bits per heavy atom. The van der Waals surface area contributed by atoms with Crippen LogP contribution in [0.2, 0.25) is 0 Å². The zero-order valence-corrected chi connectivity index (χ0v) is 9.14. The van der Waals surface area contributed by atoms with Gasteiger partial charge in [-0.3, -0.25) is 4.21 Å². The Balaban J connectivity index is 3.60. The molecule has 0 saturated heterocycles. The molecule has 0 aromatic heterocycles. The fourth-order valence-corrected chi connectivity index (χ4v) is 2.05. The van der Waals surface area contributed by atoms with E-state index in [1.807, 2.05) is 6.92 Å². The van der Waals surface area contributed by atoms with Crippen molar-refractivity contribution in [3.63, 3.8) is 0 Å². The molecule has 0 aliphatic heterocycles. The first-order valence-electron chi connectivity index (χ1n) is 4.40. The molecule has 0 saturated carbocycles. The van der Waals surface area contributed by atoms with Gasteiger partial charge in [-0.25, -0.2) is 0 Å². The Kier molecular flexibility index (Phi) is 8.64. The molecule has 0 aliphatic rings. The molecular weight excluding hydrogens is 190 g/mol. The highest BCUT2D eigenvalue weighted by molar-refractivity contribution is 7.85. The molecule has 13 heavy (non-hydrogen) atoms. The standard InChI is InChI=1S/C8H19NO3S/c1-3-12-8(6-9)7-13(10)5-4-11-2/h8H,3-7,9H2,1-2H3. The van der Waals surface area contributed by atoms with E-state index in [-0.39, 0.29) is 6.10 Å². The second kappa shape index (κ2) is 8.62. The summed E-state index contributed by atoms with van der Waals surface area (Å²) in [5.74, 6) is 1.06. The molecule has 4 nitrogen and oxygen atoms in total. The van der Waals surface area contributed by atoms with Crippen molar-refractivity contribution in [2.45, 2.75) is 13.0 Å². The molecule has 2 unspecified atom stereocenters. The largest absolute Gasteiger partial charge is 0.384 e. The van der Waals surface area contributed by atoms with E-state index in [0.29, 0.717) is 31.3 Å². The molecular formula is C8H19NO3S. The number of ether oxygens (including phenoxy) is 2. The highest BCUT2D eigenvalue weighted by Crippen LogP contribution is 1.94. The number of nitrogens with two attached hydrogens (primary N) is 1. The van der Waals surface area contributed by atoms with E-state index in [0.717, 1.165) is 0 Å². The van der Waals surface area contributed by atoms with E-state index in [4.69, 9.17) is 15.2 Å². The summed E-state index contributed by atoms with van der Waals surface area (Å²) in [6.07, 6.45) is -0.0808. The highest BCUT2D eigenvalue weighted by Gasteiger charge is 2.10. The van der Waals surface area contributed by atoms with Crippen LogP contribution in [0.25, 0.3) is 0 Å². The molecule has 0 amide bonds. The fraction of sp³-hybridized carbons (Fsp3) is 1.00. The van der Waals surface area contributed by atoms with Crippen molar-refractivity contribution in [1.29, 1.82) is 0 Å². The molecule has 0 aromatic rings. The lowest BCUT2D eigenvalue weighted by Crippen LogP contribution is -2.30. The van der Waals surface area contributed by atoms with Crippen molar-refractivity contribution in [2.75, 3.05) is 38.4 Å². The third kappa shape index (κ3) is 7.13. The van der Waals surface area contributed by atoms with Crippen LogP contribution in [-0.2, 0) is 20.3 Å². The molecule has 0 aromatic carbocycles. The molecule has 5 heteroatoms. The molecule has 0 bridgehead atoms. The van der Waals surface area contributed by atoms with E-state index in [2.05, 4.69) is 0 Å². The molecule has 0 radical (unpaired) electrons. The second-order valence-corrected chi connectivity index (χ2v) is 4.24. The van der Waals surface area contributed by atoms with Crippen molar-refractivity contribution in [3.05, 3.63) is 0 Å². The van der Waals surface area contributed by atoms with Gasteiger partial charge < -0.3 is 15.2 Å². The van der Waals surface area contributed by atoms with Crippen molar-refractivity contribution in [2.24, 2.45) is 5.73 Å². The van der Waals surface area contributed by atoms with Crippen LogP contribution in [0.4, 0.5) is 0 Å². The van der Waals surface area contributed by atoms with Crippen LogP contribution in [0.3, 0.4) is 0 Å². The van der Waals surface area contributed by atoms with Crippen LogP contribution in [0, 0.1) is 0 Å². The summed E-state index contributed by atoms with van der Waals surface area (Å²) in [5, 5.41) is 0. The van der Waals surface area contributed by atoms with Gasteiger partial charge in [-0.1, -0.05) is 0 Å². The first-order chi connectivity index (χ1) is 6.24. The molecule has 0 rings (SSSR count). The number of hydrogen-bond acceptors (Lipinski definition) is 4.